The van der Waals surface area contributed by atoms with Gasteiger partial charge < -0.3 is 14.9 Å². The van der Waals surface area contributed by atoms with Crippen LogP contribution in [0.3, 0.4) is 0 Å². The zero-order valence-corrected chi connectivity index (χ0v) is 18.9. The van der Waals surface area contributed by atoms with Crippen molar-refractivity contribution in [2.24, 2.45) is 11.8 Å². The second kappa shape index (κ2) is 10.2. The largest absolute Gasteiger partial charge is 0.416 e. The Hall–Kier alpha value is -2.87. The smallest absolute Gasteiger partial charge is 0.396 e. The summed E-state index contributed by atoms with van der Waals surface area (Å²) in [5.41, 5.74) is 1.63. The highest BCUT2D eigenvalue weighted by molar-refractivity contribution is 5.98. The topological polar surface area (TPSA) is 60.9 Å². The fraction of sp³-hybridized carbons (Fsp3) is 0.462. The Kier molecular flexibility index (Phi) is 7.26. The van der Waals surface area contributed by atoms with Crippen LogP contribution in [0.1, 0.15) is 36.8 Å². The molecule has 1 unspecified atom stereocenters. The van der Waals surface area contributed by atoms with Crippen molar-refractivity contribution in [3.8, 4) is 0 Å². The molecule has 2 fully saturated rings. The number of carbonyl (C=O) groups is 2. The molecule has 0 spiro atoms. The van der Waals surface area contributed by atoms with Gasteiger partial charge in [-0.15, -0.1) is 0 Å². The predicted octanol–water partition coefficient (Wildman–Crippen LogP) is 4.47. The van der Waals surface area contributed by atoms with Crippen molar-refractivity contribution in [2.75, 3.05) is 36.0 Å². The van der Waals surface area contributed by atoms with E-state index in [2.05, 4.69) is 4.90 Å². The van der Waals surface area contributed by atoms with E-state index in [1.54, 1.807) is 4.90 Å². The fourth-order valence-electron chi connectivity index (χ4n) is 4.84. The molecule has 0 aliphatic carbocycles. The second-order valence-corrected chi connectivity index (χ2v) is 9.24. The van der Waals surface area contributed by atoms with Crippen LogP contribution in [0.15, 0.2) is 48.5 Å². The number of hydrogen-bond donors (Lipinski definition) is 1. The summed E-state index contributed by atoms with van der Waals surface area (Å²) < 4.78 is 38.2. The highest BCUT2D eigenvalue weighted by atomic mass is 19.4. The lowest BCUT2D eigenvalue weighted by atomic mass is 9.90. The summed E-state index contributed by atoms with van der Waals surface area (Å²) in [4.78, 5) is 29.6. The van der Waals surface area contributed by atoms with Crippen LogP contribution in [-0.2, 0) is 22.2 Å². The number of Topliss-reactive ketones (excluding diaryl/α,β-unsaturated/α-hetero) is 1. The Morgan fingerprint density at radius 1 is 0.971 bits per heavy atom. The first kappa shape index (κ1) is 24.3. The Labute approximate surface area is 197 Å². The summed E-state index contributed by atoms with van der Waals surface area (Å²) in [5, 5.41) is 9.35. The monoisotopic (exact) mass is 474 g/mol. The summed E-state index contributed by atoms with van der Waals surface area (Å²) >= 11 is 0. The van der Waals surface area contributed by atoms with E-state index < -0.39 is 17.7 Å². The Morgan fingerprint density at radius 2 is 1.65 bits per heavy atom. The Morgan fingerprint density at radius 3 is 2.26 bits per heavy atom. The SMILES string of the molecule is O=C(Cc1ccc(C(F)(F)F)cc1)C[C@@H]1CCCN(c2ccc(N3CCC(CO)C3)cc2)C1=O. The molecule has 8 heteroatoms. The normalized spacial score (nSPS) is 21.2. The van der Waals surface area contributed by atoms with Crippen LogP contribution in [0.25, 0.3) is 0 Å². The lowest BCUT2D eigenvalue weighted by Gasteiger charge is -2.32. The Bertz CT molecular complexity index is 1010. The fourth-order valence-corrected chi connectivity index (χ4v) is 4.84. The van der Waals surface area contributed by atoms with Crippen molar-refractivity contribution in [2.45, 2.75) is 38.3 Å². The van der Waals surface area contributed by atoms with Crippen molar-refractivity contribution < 1.29 is 27.9 Å². The van der Waals surface area contributed by atoms with Gasteiger partial charge in [0.2, 0.25) is 5.91 Å². The van der Waals surface area contributed by atoms with Gasteiger partial charge in [-0.2, -0.15) is 13.2 Å². The zero-order chi connectivity index (χ0) is 24.3. The predicted molar refractivity (Wildman–Crippen MR) is 124 cm³/mol. The molecule has 4 rings (SSSR count). The van der Waals surface area contributed by atoms with E-state index in [4.69, 9.17) is 0 Å². The molecule has 2 aliphatic rings. The first-order valence-electron chi connectivity index (χ1n) is 11.7. The van der Waals surface area contributed by atoms with Gasteiger partial charge in [0.25, 0.3) is 0 Å². The zero-order valence-electron chi connectivity index (χ0n) is 18.9. The molecular weight excluding hydrogens is 445 g/mol. The summed E-state index contributed by atoms with van der Waals surface area (Å²) in [7, 11) is 0. The molecule has 5 nitrogen and oxygen atoms in total. The van der Waals surface area contributed by atoms with Gasteiger partial charge in [0.15, 0.2) is 0 Å². The van der Waals surface area contributed by atoms with Gasteiger partial charge in [0.1, 0.15) is 5.78 Å². The van der Waals surface area contributed by atoms with Crippen LogP contribution in [-0.4, -0.2) is 43.0 Å². The number of rotatable bonds is 7. The number of alkyl halides is 3. The number of ketones is 1. The molecule has 0 aromatic heterocycles. The lowest BCUT2D eigenvalue weighted by molar-refractivity contribution is -0.137. The van der Waals surface area contributed by atoms with E-state index in [0.29, 0.717) is 24.4 Å². The average molecular weight is 475 g/mol. The number of aliphatic hydroxyl groups is 1. The van der Waals surface area contributed by atoms with Gasteiger partial charge >= 0.3 is 6.18 Å². The minimum absolute atomic E-state index is 0.0152. The molecule has 1 amide bonds. The maximum absolute atomic E-state index is 13.1. The lowest BCUT2D eigenvalue weighted by Crippen LogP contribution is -2.42. The van der Waals surface area contributed by atoms with Crippen LogP contribution in [0.4, 0.5) is 24.5 Å². The standard InChI is InChI=1S/C26H29F3N2O3/c27-26(28,29)21-5-3-18(4-6-21)14-24(33)15-20-2-1-12-31(25(20)34)23-9-7-22(8-10-23)30-13-11-19(16-30)17-32/h3-10,19-20,32H,1-2,11-17H2/t19?,20-/m0/s1. The van der Waals surface area contributed by atoms with E-state index in [1.165, 1.54) is 12.1 Å². The molecule has 0 radical (unpaired) electrons. The number of anilines is 2. The van der Waals surface area contributed by atoms with E-state index in [-0.39, 0.29) is 31.1 Å². The van der Waals surface area contributed by atoms with Gasteiger partial charge in [-0.25, -0.2) is 0 Å². The highest BCUT2D eigenvalue weighted by Crippen LogP contribution is 2.31. The number of aliphatic hydroxyl groups excluding tert-OH is 1. The van der Waals surface area contributed by atoms with Crippen LogP contribution >= 0.6 is 0 Å². The number of piperidine rings is 1. The molecule has 34 heavy (non-hydrogen) atoms. The van der Waals surface area contributed by atoms with Crippen molar-refractivity contribution in [3.63, 3.8) is 0 Å². The minimum atomic E-state index is -4.41. The van der Waals surface area contributed by atoms with Gasteiger partial charge in [-0.3, -0.25) is 9.59 Å². The molecule has 2 saturated heterocycles. The third-order valence-electron chi connectivity index (χ3n) is 6.78. The number of halogens is 3. The molecular formula is C26H29F3N2O3. The van der Waals surface area contributed by atoms with Crippen molar-refractivity contribution in [1.29, 1.82) is 0 Å². The van der Waals surface area contributed by atoms with Crippen molar-refractivity contribution >= 4 is 23.1 Å². The third kappa shape index (κ3) is 5.60. The van der Waals surface area contributed by atoms with Gasteiger partial charge in [-0.1, -0.05) is 12.1 Å². The van der Waals surface area contributed by atoms with E-state index in [9.17, 15) is 27.9 Å². The molecule has 2 atom stereocenters. The molecule has 2 heterocycles. The molecule has 182 valence electrons. The van der Waals surface area contributed by atoms with Crippen molar-refractivity contribution in [1.82, 2.24) is 0 Å². The molecule has 2 aliphatic heterocycles. The van der Waals surface area contributed by atoms with Crippen LogP contribution in [0.2, 0.25) is 0 Å². The minimum Gasteiger partial charge on any atom is -0.396 e. The van der Waals surface area contributed by atoms with Crippen molar-refractivity contribution in [3.05, 3.63) is 59.7 Å². The maximum Gasteiger partial charge on any atom is 0.416 e. The Balaban J connectivity index is 1.35. The third-order valence-corrected chi connectivity index (χ3v) is 6.78. The molecule has 2 aromatic rings. The summed E-state index contributed by atoms with van der Waals surface area (Å²) in [5.74, 6) is -0.354. The number of amides is 1. The average Bonchev–Trinajstić information content (AvgIpc) is 3.30. The molecule has 2 aromatic carbocycles. The quantitative estimate of drug-likeness (QED) is 0.643. The number of benzene rings is 2. The van der Waals surface area contributed by atoms with E-state index in [0.717, 1.165) is 49.4 Å². The summed E-state index contributed by atoms with van der Waals surface area (Å²) in [6.07, 6.45) is -1.93. The molecule has 1 N–H and O–H groups in total. The number of carbonyl (C=O) groups excluding carboxylic acids is 2. The summed E-state index contributed by atoms with van der Waals surface area (Å²) in [6.45, 7) is 2.51. The summed E-state index contributed by atoms with van der Waals surface area (Å²) in [6, 6.07) is 12.4. The van der Waals surface area contributed by atoms with Crippen LogP contribution in [0.5, 0.6) is 0 Å². The number of hydrogen-bond acceptors (Lipinski definition) is 4. The van der Waals surface area contributed by atoms with E-state index in [1.807, 2.05) is 24.3 Å². The van der Waals surface area contributed by atoms with Crippen LogP contribution in [0, 0.1) is 11.8 Å². The molecule has 0 bridgehead atoms. The molecule has 0 saturated carbocycles. The highest BCUT2D eigenvalue weighted by Gasteiger charge is 2.32. The number of nitrogens with zero attached hydrogens (tertiary/aromatic N) is 2. The second-order valence-electron chi connectivity index (χ2n) is 9.24. The maximum atomic E-state index is 13.1. The van der Waals surface area contributed by atoms with Gasteiger partial charge in [0.05, 0.1) is 5.56 Å². The first-order valence-corrected chi connectivity index (χ1v) is 11.7. The van der Waals surface area contributed by atoms with E-state index >= 15 is 0 Å². The van der Waals surface area contributed by atoms with Gasteiger partial charge in [-0.05, 0) is 61.2 Å². The van der Waals surface area contributed by atoms with Gasteiger partial charge in [0, 0.05) is 62.3 Å². The van der Waals surface area contributed by atoms with Crippen LogP contribution < -0.4 is 9.80 Å². The first-order chi connectivity index (χ1) is 16.2.